The Balaban J connectivity index is 2.02. The summed E-state index contributed by atoms with van der Waals surface area (Å²) in [5.74, 6) is -1.72. The number of aliphatic carboxylic acids is 1. The number of carboxylic acids is 1. The summed E-state index contributed by atoms with van der Waals surface area (Å²) in [6.07, 6.45) is 6.46. The van der Waals surface area contributed by atoms with E-state index in [0.717, 1.165) is 12.8 Å². The average Bonchev–Trinajstić information content (AvgIpc) is 2.50. The van der Waals surface area contributed by atoms with E-state index in [0.29, 0.717) is 13.0 Å². The number of carbonyl (C=O) groups excluding carboxylic acids is 2. The molecule has 22 heavy (non-hydrogen) atoms. The SMILES string of the molecule is CC(CNC(=O)CCCNC(=O)NC1CCCCC1)C(=O)O. The first-order valence-electron chi connectivity index (χ1n) is 8.03. The number of hydrogen-bond donors (Lipinski definition) is 4. The lowest BCUT2D eigenvalue weighted by atomic mass is 9.96. The third kappa shape index (κ3) is 7.85. The largest absolute Gasteiger partial charge is 0.481 e. The second-order valence-electron chi connectivity index (χ2n) is 5.88. The Morgan fingerprint density at radius 1 is 1.14 bits per heavy atom. The van der Waals surface area contributed by atoms with Gasteiger partial charge in [-0.3, -0.25) is 9.59 Å². The Morgan fingerprint density at radius 3 is 2.45 bits per heavy atom. The number of urea groups is 1. The lowest BCUT2D eigenvalue weighted by molar-refractivity contribution is -0.141. The summed E-state index contributed by atoms with van der Waals surface area (Å²) in [5.41, 5.74) is 0. The molecule has 0 aromatic rings. The van der Waals surface area contributed by atoms with Gasteiger partial charge in [0.1, 0.15) is 0 Å². The summed E-state index contributed by atoms with van der Waals surface area (Å²) in [7, 11) is 0. The van der Waals surface area contributed by atoms with Crippen LogP contribution >= 0.6 is 0 Å². The van der Waals surface area contributed by atoms with E-state index in [9.17, 15) is 14.4 Å². The summed E-state index contributed by atoms with van der Waals surface area (Å²) >= 11 is 0. The van der Waals surface area contributed by atoms with Gasteiger partial charge in [0.2, 0.25) is 5.91 Å². The maximum atomic E-state index is 11.7. The van der Waals surface area contributed by atoms with E-state index in [4.69, 9.17) is 5.11 Å². The Hall–Kier alpha value is -1.79. The van der Waals surface area contributed by atoms with Gasteiger partial charge in [0.25, 0.3) is 0 Å². The molecule has 0 radical (unpaired) electrons. The zero-order valence-corrected chi connectivity index (χ0v) is 13.2. The Morgan fingerprint density at radius 2 is 1.82 bits per heavy atom. The highest BCUT2D eigenvalue weighted by molar-refractivity contribution is 5.77. The van der Waals surface area contributed by atoms with E-state index in [1.165, 1.54) is 19.3 Å². The topological polar surface area (TPSA) is 108 Å². The molecule has 1 fully saturated rings. The van der Waals surface area contributed by atoms with Gasteiger partial charge in [-0.15, -0.1) is 0 Å². The molecule has 7 heteroatoms. The van der Waals surface area contributed by atoms with Crippen LogP contribution in [0.4, 0.5) is 4.79 Å². The molecule has 1 unspecified atom stereocenters. The van der Waals surface area contributed by atoms with Crippen LogP contribution in [-0.2, 0) is 9.59 Å². The van der Waals surface area contributed by atoms with Crippen LogP contribution in [0, 0.1) is 5.92 Å². The van der Waals surface area contributed by atoms with E-state index in [1.54, 1.807) is 6.92 Å². The minimum absolute atomic E-state index is 0.129. The highest BCUT2D eigenvalue weighted by Crippen LogP contribution is 2.17. The van der Waals surface area contributed by atoms with Crippen LogP contribution in [0.15, 0.2) is 0 Å². The summed E-state index contributed by atoms with van der Waals surface area (Å²) in [6, 6.07) is 0.0985. The molecular weight excluding hydrogens is 286 g/mol. The maximum Gasteiger partial charge on any atom is 0.315 e. The van der Waals surface area contributed by atoms with Crippen molar-refractivity contribution in [1.82, 2.24) is 16.0 Å². The van der Waals surface area contributed by atoms with Gasteiger partial charge in [0, 0.05) is 25.6 Å². The van der Waals surface area contributed by atoms with Gasteiger partial charge in [-0.25, -0.2) is 4.79 Å². The third-order valence-electron chi connectivity index (χ3n) is 3.83. The number of hydrogen-bond acceptors (Lipinski definition) is 3. The monoisotopic (exact) mass is 313 g/mol. The van der Waals surface area contributed by atoms with Crippen molar-refractivity contribution in [3.8, 4) is 0 Å². The minimum Gasteiger partial charge on any atom is -0.481 e. The molecule has 0 aromatic carbocycles. The normalized spacial score (nSPS) is 16.6. The van der Waals surface area contributed by atoms with Gasteiger partial charge >= 0.3 is 12.0 Å². The summed E-state index contributed by atoms with van der Waals surface area (Å²) in [5, 5.41) is 17.0. The first-order valence-corrected chi connectivity index (χ1v) is 8.03. The molecule has 1 aliphatic carbocycles. The summed E-state index contributed by atoms with van der Waals surface area (Å²) in [4.78, 5) is 33.8. The standard InChI is InChI=1S/C15H27N3O4/c1-11(14(20)21)10-17-13(19)8-5-9-16-15(22)18-12-6-3-2-4-7-12/h11-12H,2-10H2,1H3,(H,17,19)(H,20,21)(H2,16,18,22). The van der Waals surface area contributed by atoms with E-state index in [-0.39, 0.29) is 30.9 Å². The van der Waals surface area contributed by atoms with Crippen LogP contribution in [0.2, 0.25) is 0 Å². The van der Waals surface area contributed by atoms with Crippen molar-refractivity contribution in [2.24, 2.45) is 5.92 Å². The lowest BCUT2D eigenvalue weighted by Crippen LogP contribution is -2.43. The first-order chi connectivity index (χ1) is 10.5. The predicted molar refractivity (Wildman–Crippen MR) is 82.5 cm³/mol. The number of nitrogens with one attached hydrogen (secondary N) is 3. The molecule has 0 aromatic heterocycles. The van der Waals surface area contributed by atoms with E-state index in [2.05, 4.69) is 16.0 Å². The molecule has 7 nitrogen and oxygen atoms in total. The molecule has 0 aliphatic heterocycles. The van der Waals surface area contributed by atoms with Crippen molar-refractivity contribution in [2.75, 3.05) is 13.1 Å². The van der Waals surface area contributed by atoms with Gasteiger partial charge < -0.3 is 21.1 Å². The van der Waals surface area contributed by atoms with E-state index < -0.39 is 11.9 Å². The summed E-state index contributed by atoms with van der Waals surface area (Å²) < 4.78 is 0. The Bertz CT molecular complexity index is 381. The van der Waals surface area contributed by atoms with Crippen molar-refractivity contribution in [3.05, 3.63) is 0 Å². The fourth-order valence-corrected chi connectivity index (χ4v) is 2.38. The molecule has 0 spiro atoms. The second-order valence-corrected chi connectivity index (χ2v) is 5.88. The van der Waals surface area contributed by atoms with Crippen LogP contribution < -0.4 is 16.0 Å². The zero-order chi connectivity index (χ0) is 16.4. The average molecular weight is 313 g/mol. The molecule has 126 valence electrons. The fraction of sp³-hybridized carbons (Fsp3) is 0.800. The molecule has 0 bridgehead atoms. The van der Waals surface area contributed by atoms with Crippen molar-refractivity contribution in [2.45, 2.75) is 57.9 Å². The second kappa shape index (κ2) is 10.0. The maximum absolute atomic E-state index is 11.7. The van der Waals surface area contributed by atoms with Crippen LogP contribution in [0.1, 0.15) is 51.9 Å². The molecule has 4 N–H and O–H groups in total. The van der Waals surface area contributed by atoms with Gasteiger partial charge in [0.05, 0.1) is 5.92 Å². The van der Waals surface area contributed by atoms with Crippen LogP contribution in [-0.4, -0.2) is 42.1 Å². The molecule has 0 saturated heterocycles. The van der Waals surface area contributed by atoms with E-state index >= 15 is 0 Å². The molecule has 0 heterocycles. The molecular formula is C15H27N3O4. The Labute approximate surface area is 131 Å². The molecule has 1 saturated carbocycles. The summed E-state index contributed by atoms with van der Waals surface area (Å²) in [6.45, 7) is 2.10. The highest BCUT2D eigenvalue weighted by Gasteiger charge is 2.15. The fourth-order valence-electron chi connectivity index (χ4n) is 2.38. The number of rotatable bonds is 8. The molecule has 3 amide bonds. The third-order valence-corrected chi connectivity index (χ3v) is 3.83. The number of carbonyl (C=O) groups is 3. The number of amides is 3. The minimum atomic E-state index is -0.929. The van der Waals surface area contributed by atoms with Crippen molar-refractivity contribution >= 4 is 17.9 Å². The quantitative estimate of drug-likeness (QED) is 0.506. The lowest BCUT2D eigenvalue weighted by Gasteiger charge is -2.22. The van der Waals surface area contributed by atoms with Crippen molar-refractivity contribution in [1.29, 1.82) is 0 Å². The van der Waals surface area contributed by atoms with Gasteiger partial charge in [-0.05, 0) is 19.3 Å². The van der Waals surface area contributed by atoms with Crippen molar-refractivity contribution < 1.29 is 19.5 Å². The molecule has 1 atom stereocenters. The zero-order valence-electron chi connectivity index (χ0n) is 13.2. The number of carboxylic acid groups (broad SMARTS) is 1. The van der Waals surface area contributed by atoms with Crippen molar-refractivity contribution in [3.63, 3.8) is 0 Å². The highest BCUT2D eigenvalue weighted by atomic mass is 16.4. The van der Waals surface area contributed by atoms with Crippen LogP contribution in [0.3, 0.4) is 0 Å². The molecule has 1 aliphatic rings. The van der Waals surface area contributed by atoms with E-state index in [1.807, 2.05) is 0 Å². The first kappa shape index (κ1) is 18.3. The van der Waals surface area contributed by atoms with Crippen LogP contribution in [0.5, 0.6) is 0 Å². The van der Waals surface area contributed by atoms with Gasteiger partial charge in [-0.2, -0.15) is 0 Å². The predicted octanol–water partition coefficient (Wildman–Crippen LogP) is 1.24. The van der Waals surface area contributed by atoms with Gasteiger partial charge in [-0.1, -0.05) is 26.2 Å². The Kier molecular flexibility index (Phi) is 8.32. The smallest absolute Gasteiger partial charge is 0.315 e. The van der Waals surface area contributed by atoms with Gasteiger partial charge in [0.15, 0.2) is 0 Å². The molecule has 1 rings (SSSR count). The van der Waals surface area contributed by atoms with Crippen LogP contribution in [0.25, 0.3) is 0 Å².